The van der Waals surface area contributed by atoms with Gasteiger partial charge in [-0.3, -0.25) is 9.59 Å². The molecule has 2 N–H and O–H groups in total. The second-order valence-electron chi connectivity index (χ2n) is 7.29. The SMILES string of the molecule is O=C(N[C@@H](Cc1ccccc1)C(=O)N[C@@H](Cc1ccccc1)C(=O)[O-])c1ccc(Cl)cc1.[Na+]. The molecule has 8 heteroatoms. The van der Waals surface area contributed by atoms with Crippen molar-refractivity contribution in [2.45, 2.75) is 24.9 Å². The molecule has 0 aliphatic heterocycles. The second-order valence-corrected chi connectivity index (χ2v) is 7.73. The van der Waals surface area contributed by atoms with Gasteiger partial charge in [0.05, 0.1) is 12.0 Å². The Morgan fingerprint density at radius 1 is 0.727 bits per heavy atom. The summed E-state index contributed by atoms with van der Waals surface area (Å²) in [5.74, 6) is -2.48. The first-order valence-electron chi connectivity index (χ1n) is 10.1. The number of halogens is 1. The van der Waals surface area contributed by atoms with Gasteiger partial charge in [-0.1, -0.05) is 72.3 Å². The molecule has 2 amide bonds. The molecule has 0 fully saturated rings. The Bertz CT molecular complexity index is 1060. The molecule has 0 saturated carbocycles. The first-order chi connectivity index (χ1) is 15.4. The fourth-order valence-corrected chi connectivity index (χ4v) is 3.34. The van der Waals surface area contributed by atoms with Crippen LogP contribution >= 0.6 is 11.6 Å². The Morgan fingerprint density at radius 2 is 1.21 bits per heavy atom. The number of hydrogen-bond acceptors (Lipinski definition) is 4. The minimum atomic E-state index is -1.40. The zero-order chi connectivity index (χ0) is 22.9. The van der Waals surface area contributed by atoms with E-state index < -0.39 is 29.9 Å². The number of carboxylic acids is 1. The molecule has 6 nitrogen and oxygen atoms in total. The van der Waals surface area contributed by atoms with Crippen LogP contribution in [-0.4, -0.2) is 29.9 Å². The predicted molar refractivity (Wildman–Crippen MR) is 120 cm³/mol. The van der Waals surface area contributed by atoms with Crippen LogP contribution in [0.2, 0.25) is 5.02 Å². The van der Waals surface area contributed by atoms with E-state index in [9.17, 15) is 19.5 Å². The Morgan fingerprint density at radius 3 is 1.70 bits per heavy atom. The van der Waals surface area contributed by atoms with Crippen molar-refractivity contribution in [2.75, 3.05) is 0 Å². The van der Waals surface area contributed by atoms with Gasteiger partial charge >= 0.3 is 29.6 Å². The second kappa shape index (κ2) is 13.2. The van der Waals surface area contributed by atoms with Gasteiger partial charge in [0.15, 0.2) is 0 Å². The van der Waals surface area contributed by atoms with E-state index in [-0.39, 0.29) is 42.4 Å². The molecule has 0 aromatic heterocycles. The van der Waals surface area contributed by atoms with Crippen LogP contribution in [0.25, 0.3) is 0 Å². The van der Waals surface area contributed by atoms with Crippen LogP contribution in [0.4, 0.5) is 0 Å². The van der Waals surface area contributed by atoms with Crippen molar-refractivity contribution in [1.29, 1.82) is 0 Å². The smallest absolute Gasteiger partial charge is 0.548 e. The number of carbonyl (C=O) groups excluding carboxylic acids is 3. The molecule has 0 saturated heterocycles. The molecule has 0 aliphatic rings. The third-order valence-electron chi connectivity index (χ3n) is 4.89. The number of aliphatic carboxylic acids is 1. The fourth-order valence-electron chi connectivity index (χ4n) is 3.22. The summed E-state index contributed by atoms with van der Waals surface area (Å²) < 4.78 is 0. The fraction of sp³-hybridized carbons (Fsp3) is 0.160. The number of nitrogens with one attached hydrogen (secondary N) is 2. The van der Waals surface area contributed by atoms with Gasteiger partial charge < -0.3 is 20.5 Å². The quantitative estimate of drug-likeness (QED) is 0.397. The summed E-state index contributed by atoms with van der Waals surface area (Å²) in [6.45, 7) is 0. The molecule has 2 atom stereocenters. The minimum Gasteiger partial charge on any atom is -0.548 e. The van der Waals surface area contributed by atoms with Crippen molar-refractivity contribution < 1.29 is 49.0 Å². The van der Waals surface area contributed by atoms with Crippen LogP contribution in [-0.2, 0) is 22.4 Å². The largest absolute Gasteiger partial charge is 1.00 e. The van der Waals surface area contributed by atoms with Crippen molar-refractivity contribution in [3.63, 3.8) is 0 Å². The number of carboxylic acid groups (broad SMARTS) is 1. The zero-order valence-electron chi connectivity index (χ0n) is 18.2. The summed E-state index contributed by atoms with van der Waals surface area (Å²) in [5, 5.41) is 17.4. The van der Waals surface area contributed by atoms with Crippen LogP contribution < -0.4 is 45.3 Å². The molecule has 164 valence electrons. The minimum absolute atomic E-state index is 0. The van der Waals surface area contributed by atoms with Gasteiger partial charge in [0.2, 0.25) is 5.91 Å². The Kier molecular flexibility index (Phi) is 10.6. The number of carbonyl (C=O) groups is 3. The van der Waals surface area contributed by atoms with Crippen LogP contribution in [0.5, 0.6) is 0 Å². The van der Waals surface area contributed by atoms with Gasteiger partial charge in [0, 0.05) is 17.0 Å². The molecule has 0 heterocycles. The molecule has 0 unspecified atom stereocenters. The van der Waals surface area contributed by atoms with E-state index in [1.54, 1.807) is 48.5 Å². The van der Waals surface area contributed by atoms with Crippen molar-refractivity contribution in [3.05, 3.63) is 107 Å². The maximum atomic E-state index is 13.0. The summed E-state index contributed by atoms with van der Waals surface area (Å²) in [4.78, 5) is 37.4. The summed E-state index contributed by atoms with van der Waals surface area (Å²) in [7, 11) is 0. The molecule has 0 radical (unpaired) electrons. The number of hydrogen-bond donors (Lipinski definition) is 2. The van der Waals surface area contributed by atoms with E-state index in [4.69, 9.17) is 11.6 Å². The van der Waals surface area contributed by atoms with E-state index in [1.807, 2.05) is 36.4 Å². The molecule has 0 spiro atoms. The standard InChI is InChI=1S/C25H23ClN2O4.Na/c26-20-13-11-19(12-14-20)23(29)27-21(15-17-7-3-1-4-8-17)24(30)28-22(25(31)32)16-18-9-5-2-6-10-18;/h1-14,21-22H,15-16H2,(H,27,29)(H,28,30)(H,31,32);/q;+1/p-1/t21-,22-;/m0./s1. The summed E-state index contributed by atoms with van der Waals surface area (Å²) >= 11 is 5.88. The summed E-state index contributed by atoms with van der Waals surface area (Å²) in [5.41, 5.74) is 1.89. The van der Waals surface area contributed by atoms with Gasteiger partial charge in [0.25, 0.3) is 5.91 Å². The van der Waals surface area contributed by atoms with Crippen molar-refractivity contribution in [2.24, 2.45) is 0 Å². The normalized spacial score (nSPS) is 12.0. The van der Waals surface area contributed by atoms with E-state index in [2.05, 4.69) is 10.6 Å². The van der Waals surface area contributed by atoms with Gasteiger partial charge in [-0.05, 0) is 41.8 Å². The topological polar surface area (TPSA) is 98.3 Å². The first-order valence-corrected chi connectivity index (χ1v) is 10.5. The third kappa shape index (κ3) is 8.33. The summed E-state index contributed by atoms with van der Waals surface area (Å²) in [6, 6.07) is 22.1. The maximum Gasteiger partial charge on any atom is 1.00 e. The van der Waals surface area contributed by atoms with Crippen LogP contribution in [0.1, 0.15) is 21.5 Å². The monoisotopic (exact) mass is 472 g/mol. The van der Waals surface area contributed by atoms with Crippen LogP contribution in [0.3, 0.4) is 0 Å². The van der Waals surface area contributed by atoms with E-state index >= 15 is 0 Å². The number of amides is 2. The summed E-state index contributed by atoms with van der Waals surface area (Å²) in [6.07, 6.45) is 0.259. The van der Waals surface area contributed by atoms with Crippen LogP contribution in [0.15, 0.2) is 84.9 Å². The Hall–Kier alpha value is -2.64. The van der Waals surface area contributed by atoms with Gasteiger partial charge in [-0.25, -0.2) is 0 Å². The molecular weight excluding hydrogens is 451 g/mol. The third-order valence-corrected chi connectivity index (χ3v) is 5.15. The predicted octanol–water partition coefficient (Wildman–Crippen LogP) is -0.837. The maximum absolute atomic E-state index is 13.0. The van der Waals surface area contributed by atoms with Crippen molar-refractivity contribution >= 4 is 29.4 Å². The molecule has 3 aromatic rings. The van der Waals surface area contributed by atoms with Crippen LogP contribution in [0, 0.1) is 0 Å². The van der Waals surface area contributed by atoms with Gasteiger partial charge in [-0.15, -0.1) is 0 Å². The number of benzene rings is 3. The number of rotatable bonds is 9. The Labute approximate surface area is 219 Å². The first kappa shape index (κ1) is 26.6. The van der Waals surface area contributed by atoms with Gasteiger partial charge in [-0.2, -0.15) is 0 Å². The molecule has 0 aliphatic carbocycles. The van der Waals surface area contributed by atoms with E-state index in [1.165, 1.54) is 0 Å². The molecule has 3 aromatic carbocycles. The van der Waals surface area contributed by atoms with Gasteiger partial charge in [0.1, 0.15) is 6.04 Å². The van der Waals surface area contributed by atoms with Crippen molar-refractivity contribution in [1.82, 2.24) is 10.6 Å². The Balaban J connectivity index is 0.00000385. The average Bonchev–Trinajstić information content (AvgIpc) is 2.80. The molecule has 0 bridgehead atoms. The zero-order valence-corrected chi connectivity index (χ0v) is 20.9. The average molecular weight is 473 g/mol. The van der Waals surface area contributed by atoms with E-state index in [0.717, 1.165) is 11.1 Å². The molecule has 3 rings (SSSR count). The van der Waals surface area contributed by atoms with E-state index in [0.29, 0.717) is 10.6 Å². The van der Waals surface area contributed by atoms with Crippen molar-refractivity contribution in [3.8, 4) is 0 Å². The molecule has 33 heavy (non-hydrogen) atoms. The molecular formula is C25H22ClN2NaO4.